The van der Waals surface area contributed by atoms with Gasteiger partial charge in [0.05, 0.1) is 13.2 Å². The average molecular weight is 871 g/mol. The van der Waals surface area contributed by atoms with Crippen molar-refractivity contribution in [2.45, 2.75) is 160 Å². The lowest BCUT2D eigenvalue weighted by Crippen LogP contribution is -2.25. The van der Waals surface area contributed by atoms with Gasteiger partial charge in [-0.3, -0.25) is 0 Å². The lowest BCUT2D eigenvalue weighted by atomic mass is 10.1. The van der Waals surface area contributed by atoms with Gasteiger partial charge in [-0.15, -0.1) is 23.5 Å². The van der Waals surface area contributed by atoms with Gasteiger partial charge in [-0.2, -0.15) is 0 Å². The Morgan fingerprint density at radius 2 is 0.689 bits per heavy atom. The van der Waals surface area contributed by atoms with Crippen LogP contribution in [0.5, 0.6) is 11.5 Å². The molecular weight excluding hydrogens is 797 g/mol. The fourth-order valence-corrected chi connectivity index (χ4v) is 8.46. The smallest absolute Gasteiger partial charge is 0.347 e. The van der Waals surface area contributed by atoms with Gasteiger partial charge in [-0.25, -0.2) is 9.59 Å². The van der Waals surface area contributed by atoms with Crippen LogP contribution in [0, 0.1) is 0 Å². The molecule has 0 N–H and O–H groups in total. The lowest BCUT2D eigenvalue weighted by molar-refractivity contribution is -0.151. The maximum Gasteiger partial charge on any atom is 0.347 e. The Bertz CT molecular complexity index is 1730. The van der Waals surface area contributed by atoms with Gasteiger partial charge in [-0.05, 0) is 123 Å². The van der Waals surface area contributed by atoms with Crippen LogP contribution in [0.1, 0.15) is 138 Å². The van der Waals surface area contributed by atoms with Crippen LogP contribution in [0.15, 0.2) is 107 Å². The standard InChI is InChI=1S/C27H38O3S.C26H36O3S/c1-4-6-7-8-9-10-11-12-21-31-26-19-15-24(16-20-26)23-13-17-25(18-14-23)30-22(3)27(28)29-5-2;1-4-6-7-8-9-10-11-20-30-25-18-14-23(15-19-25)22-12-16-24(17-13-22)29-21(3)26(27)28-5-2/h13-20,22H,4-12,21H2,1-3H3;12-19,21H,4-11,20H2,1-3H3/t22-;21-/m11/s1. The third-order valence-electron chi connectivity index (χ3n) is 10.2. The molecule has 334 valence electrons. The maximum absolute atomic E-state index is 11.7. The van der Waals surface area contributed by atoms with Crippen LogP contribution in [0.4, 0.5) is 0 Å². The molecule has 0 amide bonds. The maximum atomic E-state index is 11.7. The molecule has 0 unspecified atom stereocenters. The third-order valence-corrected chi connectivity index (χ3v) is 12.4. The van der Waals surface area contributed by atoms with Crippen molar-refractivity contribution in [1.29, 1.82) is 0 Å². The van der Waals surface area contributed by atoms with Gasteiger partial charge in [0.1, 0.15) is 11.5 Å². The van der Waals surface area contributed by atoms with Crippen LogP contribution in [-0.2, 0) is 19.1 Å². The molecule has 4 aromatic carbocycles. The number of carbonyl (C=O) groups excluding carboxylic acids is 2. The van der Waals surface area contributed by atoms with E-state index in [0.717, 1.165) is 11.1 Å². The molecular formula is C53H74O6S2. The summed E-state index contributed by atoms with van der Waals surface area (Å²) in [5.41, 5.74) is 4.63. The highest BCUT2D eigenvalue weighted by Crippen LogP contribution is 2.29. The topological polar surface area (TPSA) is 71.1 Å². The molecule has 4 aromatic rings. The normalized spacial score (nSPS) is 11.8. The molecule has 0 saturated carbocycles. The summed E-state index contributed by atoms with van der Waals surface area (Å²) in [5, 5.41) is 0. The first kappa shape index (κ1) is 51.5. The molecule has 61 heavy (non-hydrogen) atoms. The van der Waals surface area contributed by atoms with Gasteiger partial charge in [0, 0.05) is 9.79 Å². The van der Waals surface area contributed by atoms with E-state index in [0.29, 0.717) is 24.7 Å². The Morgan fingerprint density at radius 1 is 0.410 bits per heavy atom. The fraction of sp³-hybridized carbons (Fsp3) is 0.509. The van der Waals surface area contributed by atoms with E-state index in [2.05, 4.69) is 62.4 Å². The molecule has 4 rings (SSSR count). The minimum absolute atomic E-state index is 0.341. The first-order valence-electron chi connectivity index (χ1n) is 23.1. The summed E-state index contributed by atoms with van der Waals surface area (Å²) in [5.74, 6) is 3.04. The quantitative estimate of drug-likeness (QED) is 0.0304. The Balaban J connectivity index is 0.000000325. The molecule has 8 heteroatoms. The zero-order chi connectivity index (χ0) is 43.9. The summed E-state index contributed by atoms with van der Waals surface area (Å²) in [6, 6.07) is 33.2. The molecule has 0 fully saturated rings. The molecule has 0 bridgehead atoms. The molecule has 6 nitrogen and oxygen atoms in total. The van der Waals surface area contributed by atoms with Crippen molar-refractivity contribution in [2.75, 3.05) is 24.7 Å². The third kappa shape index (κ3) is 21.7. The van der Waals surface area contributed by atoms with Crippen LogP contribution < -0.4 is 9.47 Å². The van der Waals surface area contributed by atoms with Crippen molar-refractivity contribution in [2.24, 2.45) is 0 Å². The van der Waals surface area contributed by atoms with Gasteiger partial charge in [0.2, 0.25) is 0 Å². The van der Waals surface area contributed by atoms with Crippen LogP contribution in [0.25, 0.3) is 22.3 Å². The van der Waals surface area contributed by atoms with E-state index in [1.54, 1.807) is 27.7 Å². The van der Waals surface area contributed by atoms with E-state index >= 15 is 0 Å². The summed E-state index contributed by atoms with van der Waals surface area (Å²) in [7, 11) is 0. The van der Waals surface area contributed by atoms with E-state index < -0.39 is 12.2 Å². The average Bonchev–Trinajstić information content (AvgIpc) is 3.28. The number of esters is 2. The summed E-state index contributed by atoms with van der Waals surface area (Å²) >= 11 is 3.89. The minimum atomic E-state index is -0.608. The number of hydrogen-bond acceptors (Lipinski definition) is 8. The van der Waals surface area contributed by atoms with E-state index in [4.69, 9.17) is 18.9 Å². The summed E-state index contributed by atoms with van der Waals surface area (Å²) in [4.78, 5) is 26.0. The Hall–Kier alpha value is -3.88. The van der Waals surface area contributed by atoms with Gasteiger partial charge < -0.3 is 18.9 Å². The molecule has 0 spiro atoms. The Kier molecular flexibility index (Phi) is 26.9. The predicted octanol–water partition coefficient (Wildman–Crippen LogP) is 15.4. The van der Waals surface area contributed by atoms with Crippen molar-refractivity contribution in [1.82, 2.24) is 0 Å². The summed E-state index contributed by atoms with van der Waals surface area (Å²) in [6.07, 6.45) is 19.2. The molecule has 0 aromatic heterocycles. The Labute approximate surface area is 377 Å². The number of benzene rings is 4. The monoisotopic (exact) mass is 870 g/mol. The predicted molar refractivity (Wildman–Crippen MR) is 259 cm³/mol. The van der Waals surface area contributed by atoms with Crippen LogP contribution in [0.2, 0.25) is 0 Å². The fourth-order valence-electron chi connectivity index (χ4n) is 6.64. The zero-order valence-corrected chi connectivity index (χ0v) is 39.7. The highest BCUT2D eigenvalue weighted by Gasteiger charge is 2.16. The van der Waals surface area contributed by atoms with E-state index in [-0.39, 0.29) is 11.9 Å². The number of ether oxygens (including phenoxy) is 4. The van der Waals surface area contributed by atoms with Crippen molar-refractivity contribution >= 4 is 35.5 Å². The molecule has 0 aliphatic carbocycles. The van der Waals surface area contributed by atoms with Gasteiger partial charge in [0.25, 0.3) is 0 Å². The first-order valence-corrected chi connectivity index (χ1v) is 25.1. The minimum Gasteiger partial charge on any atom is -0.479 e. The van der Waals surface area contributed by atoms with Crippen LogP contribution >= 0.6 is 23.5 Å². The summed E-state index contributed by atoms with van der Waals surface area (Å²) < 4.78 is 21.3. The lowest BCUT2D eigenvalue weighted by Gasteiger charge is -2.13. The van der Waals surface area contributed by atoms with Crippen molar-refractivity contribution in [3.63, 3.8) is 0 Å². The number of unbranched alkanes of at least 4 members (excludes halogenated alkanes) is 13. The number of thioether (sulfide) groups is 2. The molecule has 2 atom stereocenters. The van der Waals surface area contributed by atoms with Crippen molar-refractivity contribution < 1.29 is 28.5 Å². The zero-order valence-electron chi connectivity index (χ0n) is 38.1. The largest absolute Gasteiger partial charge is 0.479 e. The second kappa shape index (κ2) is 31.9. The van der Waals surface area contributed by atoms with Gasteiger partial charge in [0.15, 0.2) is 12.2 Å². The van der Waals surface area contributed by atoms with E-state index in [9.17, 15) is 9.59 Å². The first-order chi connectivity index (χ1) is 29.8. The molecule has 0 radical (unpaired) electrons. The number of hydrogen-bond donors (Lipinski definition) is 0. The van der Waals surface area contributed by atoms with Crippen LogP contribution in [0.3, 0.4) is 0 Å². The molecule has 0 aliphatic rings. The number of carbonyl (C=O) groups is 2. The van der Waals surface area contributed by atoms with Crippen molar-refractivity contribution in [3.8, 4) is 33.8 Å². The summed E-state index contributed by atoms with van der Waals surface area (Å²) in [6.45, 7) is 12.2. The van der Waals surface area contributed by atoms with Gasteiger partial charge >= 0.3 is 11.9 Å². The highest BCUT2D eigenvalue weighted by atomic mass is 32.2. The van der Waals surface area contributed by atoms with E-state index in [1.165, 1.54) is 129 Å². The number of rotatable bonds is 29. The highest BCUT2D eigenvalue weighted by molar-refractivity contribution is 7.99. The molecule has 0 saturated heterocycles. The molecule has 0 aliphatic heterocycles. The second-order valence-electron chi connectivity index (χ2n) is 15.4. The second-order valence-corrected chi connectivity index (χ2v) is 17.8. The van der Waals surface area contributed by atoms with Crippen molar-refractivity contribution in [3.05, 3.63) is 97.1 Å². The SMILES string of the molecule is CCCCCCCCCCSc1ccc(-c2ccc(O[C@H](C)C(=O)OCC)cc2)cc1.CCCCCCCCCSc1ccc(-c2ccc(O[C@H](C)C(=O)OCC)cc2)cc1. The van der Waals surface area contributed by atoms with E-state index in [1.807, 2.05) is 72.1 Å². The van der Waals surface area contributed by atoms with Gasteiger partial charge in [-0.1, -0.05) is 146 Å². The van der Waals surface area contributed by atoms with Crippen LogP contribution in [-0.4, -0.2) is 48.9 Å². The molecule has 0 heterocycles. The Morgan fingerprint density at radius 3 is 0.984 bits per heavy atom.